The van der Waals surface area contributed by atoms with Crippen LogP contribution >= 0.6 is 0 Å². The zero-order chi connectivity index (χ0) is 19.1. The molecule has 136 valence electrons. The summed E-state index contributed by atoms with van der Waals surface area (Å²) in [6, 6.07) is 13.0. The van der Waals surface area contributed by atoms with Gasteiger partial charge in [-0.1, -0.05) is 36.4 Å². The van der Waals surface area contributed by atoms with Gasteiger partial charge in [0.05, 0.1) is 7.11 Å². The Balaban J connectivity index is 2.14. The Morgan fingerprint density at radius 3 is 2.38 bits per heavy atom. The van der Waals surface area contributed by atoms with Crippen molar-refractivity contribution in [3.05, 3.63) is 71.6 Å². The average Bonchev–Trinajstić information content (AvgIpc) is 2.64. The summed E-state index contributed by atoms with van der Waals surface area (Å²) < 4.78 is 23.8. The molecule has 0 fully saturated rings. The number of carbonyl (C=O) groups is 2. The molecule has 2 rings (SSSR count). The van der Waals surface area contributed by atoms with Gasteiger partial charge in [-0.2, -0.15) is 0 Å². The van der Waals surface area contributed by atoms with Gasteiger partial charge in [-0.15, -0.1) is 0 Å². The van der Waals surface area contributed by atoms with Crippen molar-refractivity contribution in [2.45, 2.75) is 6.10 Å². The lowest BCUT2D eigenvalue weighted by Gasteiger charge is -2.20. The summed E-state index contributed by atoms with van der Waals surface area (Å²) in [6.07, 6.45) is 1.52. The van der Waals surface area contributed by atoms with Crippen LogP contribution in [0.4, 0.5) is 4.39 Å². The number of nitrogens with zero attached hydrogens (tertiary/aromatic N) is 1. The third kappa shape index (κ3) is 4.92. The minimum absolute atomic E-state index is 0.116. The van der Waals surface area contributed by atoms with Crippen LogP contribution in [0.2, 0.25) is 0 Å². The highest BCUT2D eigenvalue weighted by Gasteiger charge is 2.25. The van der Waals surface area contributed by atoms with E-state index in [-0.39, 0.29) is 11.7 Å². The van der Waals surface area contributed by atoms with Gasteiger partial charge >= 0.3 is 5.97 Å². The summed E-state index contributed by atoms with van der Waals surface area (Å²) in [5.74, 6) is -1.47. The highest BCUT2D eigenvalue weighted by atomic mass is 19.1. The van der Waals surface area contributed by atoms with Crippen LogP contribution in [0.25, 0.3) is 6.08 Å². The molecule has 0 aromatic heterocycles. The van der Waals surface area contributed by atoms with E-state index >= 15 is 0 Å². The molecule has 26 heavy (non-hydrogen) atoms. The predicted molar refractivity (Wildman–Crippen MR) is 96.0 cm³/mol. The Morgan fingerprint density at radius 1 is 1.12 bits per heavy atom. The van der Waals surface area contributed by atoms with Gasteiger partial charge in [0.25, 0.3) is 5.91 Å². The maximum Gasteiger partial charge on any atom is 0.331 e. The molecule has 0 aliphatic rings. The third-order valence-electron chi connectivity index (χ3n) is 3.59. The molecular weight excluding hydrogens is 337 g/mol. The number of methoxy groups -OCH3 is 1. The van der Waals surface area contributed by atoms with Crippen LogP contribution in [0.15, 0.2) is 54.6 Å². The number of halogens is 1. The molecular formula is C20H20FNO4. The van der Waals surface area contributed by atoms with E-state index in [1.54, 1.807) is 50.5 Å². The molecule has 0 aliphatic heterocycles. The quantitative estimate of drug-likeness (QED) is 0.588. The molecule has 0 N–H and O–H groups in total. The van der Waals surface area contributed by atoms with Gasteiger partial charge in [-0.3, -0.25) is 4.79 Å². The van der Waals surface area contributed by atoms with E-state index in [0.29, 0.717) is 11.1 Å². The number of hydrogen-bond donors (Lipinski definition) is 0. The Kier molecular flexibility index (Phi) is 6.49. The number of rotatable bonds is 6. The number of likely N-dealkylation sites (N-methyl/N-ethyl adjacent to an activating group) is 1. The first kappa shape index (κ1) is 19.2. The molecule has 1 atom stereocenters. The van der Waals surface area contributed by atoms with Gasteiger partial charge in [0.2, 0.25) is 6.10 Å². The first-order valence-electron chi connectivity index (χ1n) is 7.90. The molecule has 0 saturated carbocycles. The summed E-state index contributed by atoms with van der Waals surface area (Å²) in [4.78, 5) is 25.8. The first-order chi connectivity index (χ1) is 12.4. The van der Waals surface area contributed by atoms with Crippen LogP contribution in [0.1, 0.15) is 17.2 Å². The fourth-order valence-corrected chi connectivity index (χ4v) is 2.23. The average molecular weight is 357 g/mol. The molecule has 6 heteroatoms. The number of ether oxygens (including phenoxy) is 2. The number of esters is 1. The Morgan fingerprint density at radius 2 is 1.81 bits per heavy atom. The maximum absolute atomic E-state index is 13.7. The van der Waals surface area contributed by atoms with Gasteiger partial charge in [0, 0.05) is 25.7 Å². The third-order valence-corrected chi connectivity index (χ3v) is 3.59. The van der Waals surface area contributed by atoms with Crippen LogP contribution in [0.3, 0.4) is 0 Å². The normalized spacial score (nSPS) is 11.8. The molecule has 5 nitrogen and oxygen atoms in total. The minimum Gasteiger partial charge on any atom is -0.494 e. The van der Waals surface area contributed by atoms with E-state index < -0.39 is 17.9 Å². The fourth-order valence-electron chi connectivity index (χ4n) is 2.23. The van der Waals surface area contributed by atoms with E-state index in [1.807, 2.05) is 0 Å². The van der Waals surface area contributed by atoms with E-state index in [9.17, 15) is 14.0 Å². The van der Waals surface area contributed by atoms with Crippen molar-refractivity contribution in [2.75, 3.05) is 21.2 Å². The second-order valence-electron chi connectivity index (χ2n) is 5.69. The van der Waals surface area contributed by atoms with Gasteiger partial charge in [-0.25, -0.2) is 9.18 Å². The Bertz CT molecular complexity index is 803. The number of benzene rings is 2. The Hall–Kier alpha value is -3.15. The lowest BCUT2D eigenvalue weighted by Crippen LogP contribution is -2.30. The van der Waals surface area contributed by atoms with Crippen molar-refractivity contribution in [3.63, 3.8) is 0 Å². The van der Waals surface area contributed by atoms with Crippen LogP contribution in [-0.2, 0) is 14.3 Å². The van der Waals surface area contributed by atoms with Gasteiger partial charge in [0.15, 0.2) is 11.6 Å². The zero-order valence-electron chi connectivity index (χ0n) is 14.8. The molecule has 0 unspecified atom stereocenters. The second kappa shape index (κ2) is 8.80. The van der Waals surface area contributed by atoms with Crippen LogP contribution in [0.5, 0.6) is 5.75 Å². The molecule has 0 heterocycles. The highest BCUT2D eigenvalue weighted by molar-refractivity contribution is 5.90. The Labute approximate surface area is 151 Å². The van der Waals surface area contributed by atoms with Crippen LogP contribution < -0.4 is 4.74 Å². The van der Waals surface area contributed by atoms with Crippen LogP contribution in [-0.4, -0.2) is 38.0 Å². The summed E-state index contributed by atoms with van der Waals surface area (Å²) >= 11 is 0. The second-order valence-corrected chi connectivity index (χ2v) is 5.69. The lowest BCUT2D eigenvalue weighted by molar-refractivity contribution is -0.155. The van der Waals surface area contributed by atoms with Crippen molar-refractivity contribution in [3.8, 4) is 5.75 Å². The molecule has 0 saturated heterocycles. The number of amides is 1. The maximum atomic E-state index is 13.7. The molecule has 2 aromatic carbocycles. The number of hydrogen-bond acceptors (Lipinski definition) is 4. The van der Waals surface area contributed by atoms with Crippen molar-refractivity contribution in [1.29, 1.82) is 0 Å². The minimum atomic E-state index is -1.05. The SMILES string of the molecule is COc1ccc(/C=C/C(=O)O[C@H](C(=O)N(C)C)c2ccccc2)cc1F. The summed E-state index contributed by atoms with van der Waals surface area (Å²) in [6.45, 7) is 0. The summed E-state index contributed by atoms with van der Waals surface area (Å²) in [5.41, 5.74) is 1.04. The monoisotopic (exact) mass is 357 g/mol. The summed E-state index contributed by atoms with van der Waals surface area (Å²) in [7, 11) is 4.54. The molecule has 0 spiro atoms. The lowest BCUT2D eigenvalue weighted by atomic mass is 10.1. The van der Waals surface area contributed by atoms with Gasteiger partial charge < -0.3 is 14.4 Å². The van der Waals surface area contributed by atoms with Crippen molar-refractivity contribution >= 4 is 18.0 Å². The standard InChI is InChI=1S/C20H20FNO4/c1-22(2)20(24)19(15-7-5-4-6-8-15)26-18(23)12-10-14-9-11-17(25-3)16(21)13-14/h4-13,19H,1-3H3/b12-10+/t19-/m0/s1. The molecule has 0 radical (unpaired) electrons. The van der Waals surface area contributed by atoms with E-state index in [1.165, 1.54) is 30.2 Å². The smallest absolute Gasteiger partial charge is 0.331 e. The predicted octanol–water partition coefficient (Wildman–Crippen LogP) is 3.22. The molecule has 0 aliphatic carbocycles. The van der Waals surface area contributed by atoms with Crippen molar-refractivity contribution in [1.82, 2.24) is 4.90 Å². The van der Waals surface area contributed by atoms with Crippen LogP contribution in [0, 0.1) is 5.82 Å². The topological polar surface area (TPSA) is 55.8 Å². The van der Waals surface area contributed by atoms with E-state index in [4.69, 9.17) is 9.47 Å². The number of carbonyl (C=O) groups excluding carboxylic acids is 2. The largest absolute Gasteiger partial charge is 0.494 e. The first-order valence-corrected chi connectivity index (χ1v) is 7.90. The fraction of sp³-hybridized carbons (Fsp3) is 0.200. The van der Waals surface area contributed by atoms with Gasteiger partial charge in [0.1, 0.15) is 0 Å². The molecule has 0 bridgehead atoms. The van der Waals surface area contributed by atoms with E-state index in [2.05, 4.69) is 0 Å². The molecule has 1 amide bonds. The highest BCUT2D eigenvalue weighted by Crippen LogP contribution is 2.21. The van der Waals surface area contributed by atoms with Gasteiger partial charge in [-0.05, 0) is 23.8 Å². The van der Waals surface area contributed by atoms with Crippen molar-refractivity contribution in [2.24, 2.45) is 0 Å². The zero-order valence-corrected chi connectivity index (χ0v) is 14.8. The summed E-state index contributed by atoms with van der Waals surface area (Å²) in [5, 5.41) is 0. The molecule has 2 aromatic rings. The van der Waals surface area contributed by atoms with E-state index in [0.717, 1.165) is 6.08 Å². The van der Waals surface area contributed by atoms with Crippen molar-refractivity contribution < 1.29 is 23.5 Å².